The summed E-state index contributed by atoms with van der Waals surface area (Å²) in [6.45, 7) is 0. The van der Waals surface area contributed by atoms with Crippen LogP contribution in [0.2, 0.25) is 0 Å². The van der Waals surface area contributed by atoms with Gasteiger partial charge in [0, 0.05) is 21.3 Å². The molecule has 2 aromatic rings. The van der Waals surface area contributed by atoms with Crippen LogP contribution in [-0.2, 0) is 4.79 Å². The van der Waals surface area contributed by atoms with Crippen LogP contribution in [0.4, 0.5) is 11.4 Å². The van der Waals surface area contributed by atoms with Gasteiger partial charge < -0.3 is 15.8 Å². The van der Waals surface area contributed by atoms with Crippen LogP contribution in [0.3, 0.4) is 0 Å². The first-order valence-electron chi connectivity index (χ1n) is 7.12. The Kier molecular flexibility index (Phi) is 3.24. The Labute approximate surface area is 145 Å². The molecule has 2 aromatic carbocycles. The minimum Gasteiger partial charge on any atom is -0.411 e. The van der Waals surface area contributed by atoms with Crippen molar-refractivity contribution >= 4 is 50.7 Å². The third kappa shape index (κ3) is 2.05. The lowest BCUT2D eigenvalue weighted by atomic mass is 10.0. The minimum absolute atomic E-state index is 0.233. The molecule has 0 aromatic heterocycles. The van der Waals surface area contributed by atoms with Gasteiger partial charge in [-0.3, -0.25) is 10.2 Å². The maximum Gasteiger partial charge on any atom is 0.258 e. The van der Waals surface area contributed by atoms with Gasteiger partial charge in [-0.2, -0.15) is 0 Å². The van der Waals surface area contributed by atoms with Gasteiger partial charge in [0.2, 0.25) is 0 Å². The first kappa shape index (κ1) is 14.6. The number of rotatable bonds is 1. The quantitative estimate of drug-likeness (QED) is 0.263. The summed E-state index contributed by atoms with van der Waals surface area (Å²) in [5.74, 6) is -0.242. The number of fused-ring (bicyclic) bond motifs is 2. The van der Waals surface area contributed by atoms with E-state index in [2.05, 4.69) is 31.7 Å². The molecule has 0 radical (unpaired) electrons. The fourth-order valence-corrected chi connectivity index (χ4v) is 3.42. The van der Waals surface area contributed by atoms with E-state index < -0.39 is 0 Å². The first-order valence-corrected chi connectivity index (χ1v) is 7.92. The van der Waals surface area contributed by atoms with Crippen molar-refractivity contribution in [2.24, 2.45) is 5.16 Å². The highest BCUT2D eigenvalue weighted by molar-refractivity contribution is 9.10. The molecule has 6 nitrogen and oxygen atoms in total. The number of carbonyl (C=O) groups excluding carboxylic acids is 1. The maximum atomic E-state index is 12.5. The molecule has 7 heteroatoms. The number of hydrogen-bond acceptors (Lipinski definition) is 5. The molecule has 1 amide bonds. The van der Waals surface area contributed by atoms with E-state index in [-0.39, 0.29) is 11.6 Å². The van der Waals surface area contributed by atoms with Crippen LogP contribution in [-0.4, -0.2) is 23.0 Å². The maximum absolute atomic E-state index is 12.5. The third-order valence-corrected chi connectivity index (χ3v) is 4.69. The van der Waals surface area contributed by atoms with Crippen LogP contribution in [0.15, 0.2) is 51.7 Å². The Bertz CT molecular complexity index is 979. The Morgan fingerprint density at radius 2 is 2.00 bits per heavy atom. The highest BCUT2D eigenvalue weighted by atomic mass is 79.9. The van der Waals surface area contributed by atoms with Crippen molar-refractivity contribution in [3.05, 3.63) is 63.3 Å². The highest BCUT2D eigenvalue weighted by Gasteiger charge is 2.33. The van der Waals surface area contributed by atoms with Gasteiger partial charge in [0.05, 0.1) is 28.9 Å². The molecular weight excluding hydrogens is 372 g/mol. The van der Waals surface area contributed by atoms with Crippen LogP contribution in [0, 0.1) is 5.41 Å². The number of benzene rings is 2. The van der Waals surface area contributed by atoms with E-state index in [4.69, 9.17) is 10.6 Å². The zero-order valence-corrected chi connectivity index (χ0v) is 13.8. The van der Waals surface area contributed by atoms with Gasteiger partial charge in [0.15, 0.2) is 0 Å². The molecular formula is C17H11BrN4O2. The molecule has 118 valence electrons. The monoisotopic (exact) mass is 382 g/mol. The zero-order valence-electron chi connectivity index (χ0n) is 12.2. The molecule has 0 saturated heterocycles. The average Bonchev–Trinajstić information content (AvgIpc) is 3.06. The molecule has 0 unspecified atom stereocenters. The van der Waals surface area contributed by atoms with Crippen molar-refractivity contribution < 1.29 is 10.0 Å². The summed E-state index contributed by atoms with van der Waals surface area (Å²) in [5.41, 5.74) is 4.70. The second-order valence-electron chi connectivity index (χ2n) is 5.42. The third-order valence-electron chi connectivity index (χ3n) is 4.03. The van der Waals surface area contributed by atoms with E-state index in [9.17, 15) is 4.79 Å². The first-order chi connectivity index (χ1) is 11.6. The number of nitrogens with one attached hydrogen (secondary N) is 3. The Balaban J connectivity index is 1.87. The van der Waals surface area contributed by atoms with Crippen LogP contribution in [0.1, 0.15) is 16.7 Å². The summed E-state index contributed by atoms with van der Waals surface area (Å²) >= 11 is 3.43. The van der Waals surface area contributed by atoms with Crippen LogP contribution in [0.25, 0.3) is 5.57 Å². The predicted molar refractivity (Wildman–Crippen MR) is 96.0 cm³/mol. The highest BCUT2D eigenvalue weighted by Crippen LogP contribution is 2.41. The molecule has 4 N–H and O–H groups in total. The normalized spacial score (nSPS) is 18.5. The molecule has 0 spiro atoms. The number of anilines is 2. The van der Waals surface area contributed by atoms with Crippen molar-refractivity contribution in [1.82, 2.24) is 0 Å². The predicted octanol–water partition coefficient (Wildman–Crippen LogP) is 3.41. The number of hydrogen-bond donors (Lipinski definition) is 4. The number of halogens is 1. The molecule has 0 fully saturated rings. The van der Waals surface area contributed by atoms with Gasteiger partial charge in [0.25, 0.3) is 5.91 Å². The Morgan fingerprint density at radius 1 is 1.17 bits per heavy atom. The van der Waals surface area contributed by atoms with Gasteiger partial charge in [-0.1, -0.05) is 23.4 Å². The van der Waals surface area contributed by atoms with Gasteiger partial charge in [-0.05, 0) is 39.7 Å². The molecule has 2 aliphatic heterocycles. The summed E-state index contributed by atoms with van der Waals surface area (Å²) < 4.78 is 0.799. The van der Waals surface area contributed by atoms with Gasteiger partial charge in [-0.15, -0.1) is 0 Å². The van der Waals surface area contributed by atoms with Crippen molar-refractivity contribution in [2.45, 2.75) is 0 Å². The summed E-state index contributed by atoms with van der Waals surface area (Å²) in [6.07, 6.45) is 1.30. The van der Waals surface area contributed by atoms with Crippen LogP contribution < -0.4 is 10.6 Å². The molecule has 24 heavy (non-hydrogen) atoms. The van der Waals surface area contributed by atoms with E-state index in [0.717, 1.165) is 15.7 Å². The average molecular weight is 383 g/mol. The molecule has 0 atom stereocenters. The SMILES string of the molecule is N=C1/C(=C2/C(=O)Nc3c(Br)cccc32)Nc2ccc(/C=N/O)cc21. The van der Waals surface area contributed by atoms with Crippen molar-refractivity contribution in [2.75, 3.05) is 10.6 Å². The minimum atomic E-state index is -0.242. The number of oxime groups is 1. The lowest BCUT2D eigenvalue weighted by molar-refractivity contribution is -0.110. The molecule has 2 heterocycles. The van der Waals surface area contributed by atoms with Crippen LogP contribution >= 0.6 is 15.9 Å². The van der Waals surface area contributed by atoms with Crippen molar-refractivity contribution in [1.29, 1.82) is 5.41 Å². The second kappa shape index (κ2) is 5.31. The molecule has 0 saturated carbocycles. The zero-order chi connectivity index (χ0) is 16.8. The van der Waals surface area contributed by atoms with E-state index >= 15 is 0 Å². The summed E-state index contributed by atoms with van der Waals surface area (Å²) in [7, 11) is 0. The number of para-hydroxylation sites is 1. The summed E-state index contributed by atoms with van der Waals surface area (Å²) in [6, 6.07) is 10.9. The number of amides is 1. The fraction of sp³-hybridized carbons (Fsp3) is 0. The van der Waals surface area contributed by atoms with Crippen molar-refractivity contribution in [3.63, 3.8) is 0 Å². The lowest BCUT2D eigenvalue weighted by Gasteiger charge is -2.05. The van der Waals surface area contributed by atoms with Gasteiger partial charge >= 0.3 is 0 Å². The Hall–Kier alpha value is -2.93. The topological polar surface area (TPSA) is 97.6 Å². The van der Waals surface area contributed by atoms with Gasteiger partial charge in [-0.25, -0.2) is 0 Å². The Morgan fingerprint density at radius 3 is 2.79 bits per heavy atom. The van der Waals surface area contributed by atoms with Crippen molar-refractivity contribution in [3.8, 4) is 0 Å². The molecule has 0 aliphatic carbocycles. The summed E-state index contributed by atoms with van der Waals surface area (Å²) in [5, 5.41) is 26.1. The number of carbonyl (C=O) groups is 1. The molecule has 0 bridgehead atoms. The largest absolute Gasteiger partial charge is 0.411 e. The number of allylic oxidation sites excluding steroid dienone is 1. The molecule has 4 rings (SSSR count). The van der Waals surface area contributed by atoms with E-state index in [1.807, 2.05) is 18.2 Å². The van der Waals surface area contributed by atoms with E-state index in [1.54, 1.807) is 18.2 Å². The summed E-state index contributed by atoms with van der Waals surface area (Å²) in [4.78, 5) is 12.5. The lowest BCUT2D eigenvalue weighted by Crippen LogP contribution is -2.11. The number of nitrogens with zero attached hydrogens (tertiary/aromatic N) is 1. The second-order valence-corrected chi connectivity index (χ2v) is 6.27. The van der Waals surface area contributed by atoms with Gasteiger partial charge in [0.1, 0.15) is 0 Å². The van der Waals surface area contributed by atoms with E-state index in [1.165, 1.54) is 6.21 Å². The molecule has 2 aliphatic rings. The fourth-order valence-electron chi connectivity index (χ4n) is 2.95. The standard InChI is InChI=1S/C17H11BrN4O2/c18-11-3-1-2-9-13(17(23)22-15(9)11)16-14(19)10-6-8(7-20-24)4-5-12(10)21-16/h1-7,19,21,24H,(H,22,23)/b16-13-,19-14?,20-7+. The smallest absolute Gasteiger partial charge is 0.258 e. The van der Waals surface area contributed by atoms with Crippen LogP contribution in [0.5, 0.6) is 0 Å². The van der Waals surface area contributed by atoms with E-state index in [0.29, 0.717) is 28.1 Å².